The molecular weight excluding hydrogens is 194 g/mol. The van der Waals surface area contributed by atoms with Gasteiger partial charge in [-0.1, -0.05) is 0 Å². The Labute approximate surface area is 89.4 Å². The smallest absolute Gasteiger partial charge is 0.325 e. The molecule has 0 saturated carbocycles. The number of nitrogens with zero attached hydrogens (tertiary/aromatic N) is 2. The van der Waals surface area contributed by atoms with E-state index in [2.05, 4.69) is 10.4 Å². The first-order valence-corrected chi connectivity index (χ1v) is 4.92. The lowest BCUT2D eigenvalue weighted by molar-refractivity contribution is -0.145. The van der Waals surface area contributed by atoms with Gasteiger partial charge >= 0.3 is 5.97 Å². The van der Waals surface area contributed by atoms with Crippen LogP contribution in [0.1, 0.15) is 19.5 Å². The van der Waals surface area contributed by atoms with Gasteiger partial charge in [-0.15, -0.1) is 0 Å². The third kappa shape index (κ3) is 3.61. The van der Waals surface area contributed by atoms with E-state index in [9.17, 15) is 4.79 Å². The molecule has 0 unspecified atom stereocenters. The molecule has 1 N–H and O–H groups in total. The number of hydrogen-bond acceptors (Lipinski definition) is 4. The lowest BCUT2D eigenvalue weighted by Crippen LogP contribution is -2.20. The zero-order valence-electron chi connectivity index (χ0n) is 9.57. The molecule has 1 heterocycles. The van der Waals surface area contributed by atoms with E-state index in [1.807, 2.05) is 34.0 Å². The molecule has 15 heavy (non-hydrogen) atoms. The first-order chi connectivity index (χ1) is 6.99. The van der Waals surface area contributed by atoms with Gasteiger partial charge in [0.2, 0.25) is 0 Å². The summed E-state index contributed by atoms with van der Waals surface area (Å²) in [6, 6.07) is 0. The molecule has 0 bridgehead atoms. The minimum Gasteiger partial charge on any atom is -0.462 e. The molecule has 0 fully saturated rings. The lowest BCUT2D eigenvalue weighted by Gasteiger charge is -2.08. The summed E-state index contributed by atoms with van der Waals surface area (Å²) in [6.45, 7) is 5.71. The zero-order valence-corrected chi connectivity index (χ0v) is 9.57. The number of nitrogens with one attached hydrogen (secondary N) is 1. The van der Waals surface area contributed by atoms with Crippen LogP contribution < -0.4 is 5.32 Å². The molecule has 0 amide bonds. The molecule has 0 aliphatic heterocycles. The van der Waals surface area contributed by atoms with Gasteiger partial charge in [0.1, 0.15) is 6.54 Å². The van der Waals surface area contributed by atoms with Crippen molar-refractivity contribution in [2.24, 2.45) is 7.05 Å². The summed E-state index contributed by atoms with van der Waals surface area (Å²) in [7, 11) is 1.84. The van der Waals surface area contributed by atoms with E-state index in [-0.39, 0.29) is 18.6 Å². The van der Waals surface area contributed by atoms with Crippen molar-refractivity contribution in [2.45, 2.75) is 26.9 Å². The highest BCUT2D eigenvalue weighted by Crippen LogP contribution is 2.10. The Morgan fingerprint density at radius 1 is 1.67 bits per heavy atom. The molecule has 0 aliphatic carbocycles. The number of ether oxygens (including phenoxy) is 1. The highest BCUT2D eigenvalue weighted by atomic mass is 16.5. The third-order valence-corrected chi connectivity index (χ3v) is 1.80. The fourth-order valence-corrected chi connectivity index (χ4v) is 1.25. The van der Waals surface area contributed by atoms with Gasteiger partial charge in [0.25, 0.3) is 0 Å². The predicted octanol–water partition coefficient (Wildman–Crippen LogP) is 1.09. The lowest BCUT2D eigenvalue weighted by atomic mass is 10.4. The van der Waals surface area contributed by atoms with Crippen LogP contribution in [0.2, 0.25) is 0 Å². The highest BCUT2D eigenvalue weighted by molar-refractivity contribution is 5.75. The zero-order chi connectivity index (χ0) is 11.4. The second kappa shape index (κ2) is 4.82. The molecule has 0 aliphatic rings. The number of aryl methyl sites for hydroxylation is 2. The molecular formula is C10H17N3O2. The fourth-order valence-electron chi connectivity index (χ4n) is 1.25. The second-order valence-corrected chi connectivity index (χ2v) is 3.69. The fraction of sp³-hybridized carbons (Fsp3) is 0.600. The van der Waals surface area contributed by atoms with Crippen LogP contribution in [0.15, 0.2) is 6.20 Å². The summed E-state index contributed by atoms with van der Waals surface area (Å²) < 4.78 is 6.69. The minimum absolute atomic E-state index is 0.0747. The number of anilines is 1. The normalized spacial score (nSPS) is 10.5. The SMILES string of the molecule is Cc1nn(C)cc1NCC(=O)OC(C)C. The molecule has 0 radical (unpaired) electrons. The topological polar surface area (TPSA) is 56.2 Å². The van der Waals surface area contributed by atoms with Crippen LogP contribution in [0.3, 0.4) is 0 Å². The molecule has 0 saturated heterocycles. The Bertz CT molecular complexity index is 344. The number of rotatable bonds is 4. The van der Waals surface area contributed by atoms with E-state index in [1.54, 1.807) is 4.68 Å². The van der Waals surface area contributed by atoms with Crippen molar-refractivity contribution in [1.82, 2.24) is 9.78 Å². The minimum atomic E-state index is -0.256. The number of carbonyl (C=O) groups excluding carboxylic acids is 1. The highest BCUT2D eigenvalue weighted by Gasteiger charge is 2.07. The summed E-state index contributed by atoms with van der Waals surface area (Å²) in [5, 5.41) is 7.13. The van der Waals surface area contributed by atoms with Gasteiger partial charge < -0.3 is 10.1 Å². The Kier molecular flexibility index (Phi) is 3.71. The summed E-state index contributed by atoms with van der Waals surface area (Å²) in [5.74, 6) is -0.256. The van der Waals surface area contributed by atoms with Crippen molar-refractivity contribution in [3.05, 3.63) is 11.9 Å². The van der Waals surface area contributed by atoms with Crippen molar-refractivity contribution in [3.8, 4) is 0 Å². The predicted molar refractivity (Wildman–Crippen MR) is 57.7 cm³/mol. The summed E-state index contributed by atoms with van der Waals surface area (Å²) >= 11 is 0. The second-order valence-electron chi connectivity index (χ2n) is 3.69. The van der Waals surface area contributed by atoms with Crippen LogP contribution in [-0.2, 0) is 16.6 Å². The first kappa shape index (κ1) is 11.6. The Hall–Kier alpha value is -1.52. The molecule has 0 aromatic carbocycles. The Morgan fingerprint density at radius 2 is 2.33 bits per heavy atom. The molecule has 5 heteroatoms. The summed E-state index contributed by atoms with van der Waals surface area (Å²) in [6.07, 6.45) is 1.76. The van der Waals surface area contributed by atoms with Gasteiger partial charge in [-0.3, -0.25) is 9.48 Å². The van der Waals surface area contributed by atoms with Crippen LogP contribution in [0, 0.1) is 6.92 Å². The van der Waals surface area contributed by atoms with Gasteiger partial charge in [-0.05, 0) is 20.8 Å². The quantitative estimate of drug-likeness (QED) is 0.757. The van der Waals surface area contributed by atoms with Crippen molar-refractivity contribution in [3.63, 3.8) is 0 Å². The molecule has 0 spiro atoms. The number of aromatic nitrogens is 2. The van der Waals surface area contributed by atoms with Crippen molar-refractivity contribution >= 4 is 11.7 Å². The van der Waals surface area contributed by atoms with Crippen LogP contribution in [0.25, 0.3) is 0 Å². The molecule has 84 valence electrons. The maximum atomic E-state index is 11.2. The maximum absolute atomic E-state index is 11.2. The van der Waals surface area contributed by atoms with Crippen LogP contribution in [0.4, 0.5) is 5.69 Å². The monoisotopic (exact) mass is 211 g/mol. The number of hydrogen-bond donors (Lipinski definition) is 1. The first-order valence-electron chi connectivity index (χ1n) is 4.92. The number of esters is 1. The largest absolute Gasteiger partial charge is 0.462 e. The van der Waals surface area contributed by atoms with Crippen molar-refractivity contribution in [2.75, 3.05) is 11.9 Å². The van der Waals surface area contributed by atoms with E-state index < -0.39 is 0 Å². The average Bonchev–Trinajstić information content (AvgIpc) is 2.40. The van der Waals surface area contributed by atoms with Crippen LogP contribution in [0.5, 0.6) is 0 Å². The average molecular weight is 211 g/mol. The Balaban J connectivity index is 2.43. The van der Waals surface area contributed by atoms with Crippen LogP contribution in [-0.4, -0.2) is 28.4 Å². The number of carbonyl (C=O) groups is 1. The third-order valence-electron chi connectivity index (χ3n) is 1.80. The van der Waals surface area contributed by atoms with E-state index in [4.69, 9.17) is 4.74 Å². The van der Waals surface area contributed by atoms with Gasteiger partial charge in [-0.2, -0.15) is 5.10 Å². The standard InChI is InChI=1S/C10H17N3O2/c1-7(2)15-10(14)5-11-9-6-13(4)12-8(9)3/h6-7,11H,5H2,1-4H3. The van der Waals surface area contributed by atoms with E-state index in [0.29, 0.717) is 0 Å². The molecule has 0 atom stereocenters. The molecule has 1 aromatic rings. The maximum Gasteiger partial charge on any atom is 0.325 e. The van der Waals surface area contributed by atoms with E-state index in [1.165, 1.54) is 0 Å². The Morgan fingerprint density at radius 3 is 2.80 bits per heavy atom. The van der Waals surface area contributed by atoms with E-state index in [0.717, 1.165) is 11.4 Å². The van der Waals surface area contributed by atoms with Crippen LogP contribution >= 0.6 is 0 Å². The van der Waals surface area contributed by atoms with Gasteiger partial charge in [-0.25, -0.2) is 0 Å². The van der Waals surface area contributed by atoms with Crippen molar-refractivity contribution < 1.29 is 9.53 Å². The van der Waals surface area contributed by atoms with E-state index >= 15 is 0 Å². The molecule has 5 nitrogen and oxygen atoms in total. The van der Waals surface area contributed by atoms with Gasteiger partial charge in [0, 0.05) is 13.2 Å². The molecule has 1 aromatic heterocycles. The van der Waals surface area contributed by atoms with Gasteiger partial charge in [0.05, 0.1) is 17.5 Å². The summed E-state index contributed by atoms with van der Waals surface area (Å²) in [4.78, 5) is 11.2. The van der Waals surface area contributed by atoms with Crippen molar-refractivity contribution in [1.29, 1.82) is 0 Å². The molecule has 1 rings (SSSR count). The van der Waals surface area contributed by atoms with Gasteiger partial charge in [0.15, 0.2) is 0 Å². The summed E-state index contributed by atoms with van der Waals surface area (Å²) in [5.41, 5.74) is 1.73.